The zero-order chi connectivity index (χ0) is 12.7. The molecule has 2 N–H and O–H groups in total. The van der Waals surface area contributed by atoms with Gasteiger partial charge in [-0.2, -0.15) is 0 Å². The summed E-state index contributed by atoms with van der Waals surface area (Å²) in [5.41, 5.74) is 1.95. The predicted molar refractivity (Wildman–Crippen MR) is 71.6 cm³/mol. The van der Waals surface area contributed by atoms with Gasteiger partial charge in [-0.1, -0.05) is 17.7 Å². The van der Waals surface area contributed by atoms with E-state index in [9.17, 15) is 9.00 Å². The number of carbonyl (C=O) groups is 1. The smallest absolute Gasteiger partial charge is 0.238 e. The van der Waals surface area contributed by atoms with E-state index in [0.29, 0.717) is 12.3 Å². The molecule has 1 amide bonds. The van der Waals surface area contributed by atoms with Crippen molar-refractivity contribution in [2.45, 2.75) is 6.92 Å². The number of rotatable bonds is 6. The van der Waals surface area contributed by atoms with Crippen molar-refractivity contribution in [3.05, 3.63) is 29.8 Å². The Morgan fingerprint density at radius 3 is 2.53 bits per heavy atom. The highest BCUT2D eigenvalue weighted by molar-refractivity contribution is 7.84. The molecule has 1 atom stereocenters. The van der Waals surface area contributed by atoms with E-state index in [1.807, 2.05) is 31.2 Å². The third kappa shape index (κ3) is 6.19. The Balaban J connectivity index is 2.25. The molecule has 17 heavy (non-hydrogen) atoms. The van der Waals surface area contributed by atoms with Crippen molar-refractivity contribution in [1.29, 1.82) is 0 Å². The molecule has 1 aromatic carbocycles. The number of hydrogen-bond donors (Lipinski definition) is 2. The first-order valence-electron chi connectivity index (χ1n) is 5.45. The molecule has 0 bridgehead atoms. The number of aryl methyl sites for hydroxylation is 1. The normalized spacial score (nSPS) is 12.1. The fraction of sp³-hybridized carbons (Fsp3) is 0.417. The highest BCUT2D eigenvalue weighted by Gasteiger charge is 2.01. The van der Waals surface area contributed by atoms with Gasteiger partial charge in [0.25, 0.3) is 0 Å². The Kier molecular flexibility index (Phi) is 5.86. The number of amides is 1. The van der Waals surface area contributed by atoms with Crippen LogP contribution in [0, 0.1) is 6.92 Å². The minimum atomic E-state index is -0.815. The molecule has 94 valence electrons. The summed E-state index contributed by atoms with van der Waals surface area (Å²) in [5, 5.41) is 5.72. The second-order valence-corrected chi connectivity index (χ2v) is 5.42. The van der Waals surface area contributed by atoms with Crippen molar-refractivity contribution in [2.75, 3.05) is 30.4 Å². The molecule has 5 heteroatoms. The Morgan fingerprint density at radius 1 is 1.29 bits per heavy atom. The summed E-state index contributed by atoms with van der Waals surface area (Å²) >= 11 is 0. The molecule has 0 aliphatic rings. The van der Waals surface area contributed by atoms with Crippen LogP contribution in [0.15, 0.2) is 24.3 Å². The van der Waals surface area contributed by atoms with Gasteiger partial charge >= 0.3 is 0 Å². The average molecular weight is 254 g/mol. The summed E-state index contributed by atoms with van der Waals surface area (Å²) in [6, 6.07) is 7.63. The molecule has 1 rings (SSSR count). The molecule has 0 fully saturated rings. The minimum absolute atomic E-state index is 0.0873. The fourth-order valence-electron chi connectivity index (χ4n) is 1.26. The van der Waals surface area contributed by atoms with Crippen molar-refractivity contribution in [1.82, 2.24) is 5.32 Å². The molecule has 0 saturated heterocycles. The van der Waals surface area contributed by atoms with Gasteiger partial charge in [0.15, 0.2) is 0 Å². The summed E-state index contributed by atoms with van der Waals surface area (Å²) in [4.78, 5) is 11.5. The zero-order valence-corrected chi connectivity index (χ0v) is 11.0. The summed E-state index contributed by atoms with van der Waals surface area (Å²) in [6.45, 7) is 2.83. The highest BCUT2D eigenvalue weighted by atomic mass is 32.2. The molecule has 0 spiro atoms. The van der Waals surface area contributed by atoms with E-state index in [1.165, 1.54) is 0 Å². The lowest BCUT2D eigenvalue weighted by Gasteiger charge is -2.06. The number of nitrogens with one attached hydrogen (secondary N) is 2. The molecule has 0 aliphatic carbocycles. The van der Waals surface area contributed by atoms with E-state index in [0.717, 1.165) is 11.3 Å². The predicted octanol–water partition coefficient (Wildman–Crippen LogP) is 0.902. The Morgan fingerprint density at radius 2 is 1.94 bits per heavy atom. The van der Waals surface area contributed by atoms with Crippen LogP contribution < -0.4 is 10.6 Å². The number of hydrogen-bond acceptors (Lipinski definition) is 3. The first-order valence-corrected chi connectivity index (χ1v) is 7.18. The van der Waals surface area contributed by atoms with Gasteiger partial charge in [0, 0.05) is 35.0 Å². The van der Waals surface area contributed by atoms with Crippen molar-refractivity contribution in [2.24, 2.45) is 0 Å². The van der Waals surface area contributed by atoms with Gasteiger partial charge in [-0.05, 0) is 19.1 Å². The molecular formula is C12H18N2O2S. The third-order valence-electron chi connectivity index (χ3n) is 2.19. The number of benzene rings is 1. The lowest BCUT2D eigenvalue weighted by atomic mass is 10.2. The molecular weight excluding hydrogens is 236 g/mol. The van der Waals surface area contributed by atoms with Crippen LogP contribution in [0.1, 0.15) is 5.56 Å². The standard InChI is InChI=1S/C12H18N2O2S/c1-10-3-5-11(6-4-10)14-12(15)9-13-7-8-17(2)16/h3-6,13H,7-9H2,1-2H3,(H,14,15). The number of carbonyl (C=O) groups excluding carboxylic acids is 1. The van der Waals surface area contributed by atoms with Crippen LogP contribution in [0.2, 0.25) is 0 Å². The molecule has 1 unspecified atom stereocenters. The Bertz CT molecular complexity index is 390. The summed E-state index contributed by atoms with van der Waals surface area (Å²) in [7, 11) is -0.815. The lowest BCUT2D eigenvalue weighted by molar-refractivity contribution is -0.115. The van der Waals surface area contributed by atoms with Gasteiger partial charge in [0.2, 0.25) is 5.91 Å². The van der Waals surface area contributed by atoms with Crippen LogP contribution >= 0.6 is 0 Å². The van der Waals surface area contributed by atoms with E-state index >= 15 is 0 Å². The maximum Gasteiger partial charge on any atom is 0.238 e. The summed E-state index contributed by atoms with van der Waals surface area (Å²) in [5.74, 6) is 0.480. The van der Waals surface area contributed by atoms with Gasteiger partial charge < -0.3 is 10.6 Å². The van der Waals surface area contributed by atoms with Crippen molar-refractivity contribution in [3.8, 4) is 0 Å². The first kappa shape index (κ1) is 13.9. The van der Waals surface area contributed by atoms with Crippen LogP contribution in [-0.2, 0) is 15.6 Å². The zero-order valence-electron chi connectivity index (χ0n) is 10.2. The quantitative estimate of drug-likeness (QED) is 0.742. The molecule has 0 aliphatic heterocycles. The van der Waals surface area contributed by atoms with E-state index in [1.54, 1.807) is 6.26 Å². The lowest BCUT2D eigenvalue weighted by Crippen LogP contribution is -2.30. The SMILES string of the molecule is Cc1ccc(NC(=O)CNCCS(C)=O)cc1. The Labute approximate surface area is 104 Å². The molecule has 0 saturated carbocycles. The first-order chi connectivity index (χ1) is 8.08. The van der Waals surface area contributed by atoms with Crippen LogP contribution in [0.4, 0.5) is 5.69 Å². The van der Waals surface area contributed by atoms with E-state index in [4.69, 9.17) is 0 Å². The molecule has 0 radical (unpaired) electrons. The van der Waals surface area contributed by atoms with Gasteiger partial charge in [-0.3, -0.25) is 9.00 Å². The van der Waals surface area contributed by atoms with Gasteiger partial charge in [-0.25, -0.2) is 0 Å². The molecule has 1 aromatic rings. The topological polar surface area (TPSA) is 58.2 Å². The van der Waals surface area contributed by atoms with E-state index in [2.05, 4.69) is 10.6 Å². The summed E-state index contributed by atoms with van der Waals surface area (Å²) in [6.07, 6.45) is 1.65. The highest BCUT2D eigenvalue weighted by Crippen LogP contribution is 2.07. The Hall–Kier alpha value is -1.20. The molecule has 0 heterocycles. The second kappa shape index (κ2) is 7.19. The van der Waals surface area contributed by atoms with Crippen LogP contribution in [0.25, 0.3) is 0 Å². The van der Waals surface area contributed by atoms with Gasteiger partial charge in [0.05, 0.1) is 6.54 Å². The maximum atomic E-state index is 11.5. The average Bonchev–Trinajstić information content (AvgIpc) is 2.27. The number of anilines is 1. The van der Waals surface area contributed by atoms with E-state index in [-0.39, 0.29) is 12.5 Å². The van der Waals surface area contributed by atoms with Crippen molar-refractivity contribution < 1.29 is 9.00 Å². The van der Waals surface area contributed by atoms with Crippen LogP contribution in [-0.4, -0.2) is 35.2 Å². The van der Waals surface area contributed by atoms with Crippen LogP contribution in [0.3, 0.4) is 0 Å². The monoisotopic (exact) mass is 254 g/mol. The van der Waals surface area contributed by atoms with Crippen molar-refractivity contribution >= 4 is 22.4 Å². The van der Waals surface area contributed by atoms with Gasteiger partial charge in [-0.15, -0.1) is 0 Å². The third-order valence-corrected chi connectivity index (χ3v) is 2.97. The second-order valence-electron chi connectivity index (χ2n) is 3.87. The minimum Gasteiger partial charge on any atom is -0.325 e. The fourth-order valence-corrected chi connectivity index (χ4v) is 1.69. The van der Waals surface area contributed by atoms with Gasteiger partial charge in [0.1, 0.15) is 0 Å². The largest absolute Gasteiger partial charge is 0.325 e. The molecule has 0 aromatic heterocycles. The van der Waals surface area contributed by atoms with Crippen molar-refractivity contribution in [3.63, 3.8) is 0 Å². The molecule has 4 nitrogen and oxygen atoms in total. The van der Waals surface area contributed by atoms with Crippen LogP contribution in [0.5, 0.6) is 0 Å². The maximum absolute atomic E-state index is 11.5. The van der Waals surface area contributed by atoms with E-state index < -0.39 is 10.8 Å². The summed E-state index contributed by atoms with van der Waals surface area (Å²) < 4.78 is 10.8.